The van der Waals surface area contributed by atoms with Gasteiger partial charge in [-0.2, -0.15) is 0 Å². The Bertz CT molecular complexity index is 633. The fourth-order valence-electron chi connectivity index (χ4n) is 3.87. The average molecular weight is 323 g/mol. The fourth-order valence-corrected chi connectivity index (χ4v) is 3.87. The highest BCUT2D eigenvalue weighted by Gasteiger charge is 2.29. The molecule has 0 N–H and O–H groups in total. The van der Waals surface area contributed by atoms with Gasteiger partial charge < -0.3 is 9.80 Å². The zero-order chi connectivity index (χ0) is 16.2. The molecule has 0 aliphatic carbocycles. The lowest BCUT2D eigenvalue weighted by atomic mass is 10.2. The van der Waals surface area contributed by atoms with Crippen LogP contribution in [0.5, 0.6) is 0 Å². The molecule has 1 unspecified atom stereocenters. The molecule has 0 amide bonds. The topological polar surface area (TPSA) is 35.5 Å². The Morgan fingerprint density at radius 3 is 2.46 bits per heavy atom. The maximum atomic E-state index is 4.41. The SMILES string of the molecule is c1ccc(N2CCC(N3CCCN(c4ncccn4)CC3)C2)cc1. The van der Waals surface area contributed by atoms with Crippen LogP contribution in [0.3, 0.4) is 0 Å². The van der Waals surface area contributed by atoms with Crippen LogP contribution in [0, 0.1) is 0 Å². The van der Waals surface area contributed by atoms with Gasteiger partial charge in [-0.15, -0.1) is 0 Å². The second kappa shape index (κ2) is 7.18. The molecule has 3 heterocycles. The van der Waals surface area contributed by atoms with E-state index in [0.717, 1.165) is 38.7 Å². The van der Waals surface area contributed by atoms with E-state index < -0.39 is 0 Å². The van der Waals surface area contributed by atoms with Crippen molar-refractivity contribution >= 4 is 11.6 Å². The molecule has 0 spiro atoms. The first-order valence-electron chi connectivity index (χ1n) is 8.96. The van der Waals surface area contributed by atoms with Crippen molar-refractivity contribution in [2.24, 2.45) is 0 Å². The zero-order valence-electron chi connectivity index (χ0n) is 14.1. The minimum absolute atomic E-state index is 0.668. The van der Waals surface area contributed by atoms with Crippen LogP contribution >= 0.6 is 0 Å². The molecule has 126 valence electrons. The van der Waals surface area contributed by atoms with Crippen LogP contribution in [0.2, 0.25) is 0 Å². The minimum atomic E-state index is 0.668. The van der Waals surface area contributed by atoms with Crippen molar-refractivity contribution in [2.45, 2.75) is 18.9 Å². The van der Waals surface area contributed by atoms with Crippen molar-refractivity contribution in [3.8, 4) is 0 Å². The molecule has 2 saturated heterocycles. The van der Waals surface area contributed by atoms with Crippen molar-refractivity contribution < 1.29 is 0 Å². The molecule has 2 aliphatic rings. The van der Waals surface area contributed by atoms with Gasteiger partial charge in [0, 0.05) is 63.4 Å². The number of para-hydroxylation sites is 1. The fraction of sp³-hybridized carbons (Fsp3) is 0.474. The van der Waals surface area contributed by atoms with E-state index in [1.807, 2.05) is 18.5 Å². The predicted molar refractivity (Wildman–Crippen MR) is 97.5 cm³/mol. The van der Waals surface area contributed by atoms with Crippen LogP contribution in [0.25, 0.3) is 0 Å². The Morgan fingerprint density at radius 1 is 0.792 bits per heavy atom. The summed E-state index contributed by atoms with van der Waals surface area (Å²) in [6, 6.07) is 13.3. The predicted octanol–water partition coefficient (Wildman–Crippen LogP) is 2.27. The maximum absolute atomic E-state index is 4.41. The average Bonchev–Trinajstić information content (AvgIpc) is 3.01. The summed E-state index contributed by atoms with van der Waals surface area (Å²) in [6.07, 6.45) is 6.11. The third-order valence-corrected chi connectivity index (χ3v) is 5.17. The summed E-state index contributed by atoms with van der Waals surface area (Å²) >= 11 is 0. The number of hydrogen-bond donors (Lipinski definition) is 0. The molecule has 0 radical (unpaired) electrons. The van der Waals surface area contributed by atoms with Gasteiger partial charge in [-0.1, -0.05) is 18.2 Å². The summed E-state index contributed by atoms with van der Waals surface area (Å²) in [7, 11) is 0. The standard InChI is InChI=1S/C19H25N5/c1-2-6-17(7-3-1)24-13-8-18(16-24)22-11-5-12-23(15-14-22)19-20-9-4-10-21-19/h1-4,6-7,9-10,18H,5,8,11-16H2. The highest BCUT2D eigenvalue weighted by Crippen LogP contribution is 2.24. The van der Waals surface area contributed by atoms with Crippen molar-refractivity contribution in [1.82, 2.24) is 14.9 Å². The van der Waals surface area contributed by atoms with Gasteiger partial charge >= 0.3 is 0 Å². The Hall–Kier alpha value is -2.14. The van der Waals surface area contributed by atoms with Crippen molar-refractivity contribution in [3.05, 3.63) is 48.8 Å². The van der Waals surface area contributed by atoms with Gasteiger partial charge in [0.2, 0.25) is 5.95 Å². The van der Waals surface area contributed by atoms with Gasteiger partial charge in [-0.05, 0) is 31.0 Å². The van der Waals surface area contributed by atoms with Gasteiger partial charge in [0.15, 0.2) is 0 Å². The lowest BCUT2D eigenvalue weighted by Crippen LogP contribution is -2.40. The maximum Gasteiger partial charge on any atom is 0.225 e. The van der Waals surface area contributed by atoms with E-state index in [2.05, 4.69) is 55.0 Å². The second-order valence-electron chi connectivity index (χ2n) is 6.65. The van der Waals surface area contributed by atoms with Crippen LogP contribution in [0.4, 0.5) is 11.6 Å². The monoisotopic (exact) mass is 323 g/mol. The van der Waals surface area contributed by atoms with Crippen LogP contribution in [0.15, 0.2) is 48.8 Å². The minimum Gasteiger partial charge on any atom is -0.370 e. The van der Waals surface area contributed by atoms with E-state index in [0.29, 0.717) is 6.04 Å². The molecule has 5 heteroatoms. The number of benzene rings is 1. The molecule has 0 bridgehead atoms. The summed E-state index contributed by atoms with van der Waals surface area (Å²) < 4.78 is 0. The van der Waals surface area contributed by atoms with Gasteiger partial charge in [-0.25, -0.2) is 9.97 Å². The Morgan fingerprint density at radius 2 is 1.62 bits per heavy atom. The highest BCUT2D eigenvalue weighted by atomic mass is 15.3. The van der Waals surface area contributed by atoms with E-state index in [9.17, 15) is 0 Å². The van der Waals surface area contributed by atoms with Crippen molar-refractivity contribution in [3.63, 3.8) is 0 Å². The van der Waals surface area contributed by atoms with Crippen LogP contribution in [0.1, 0.15) is 12.8 Å². The van der Waals surface area contributed by atoms with Gasteiger partial charge in [0.1, 0.15) is 0 Å². The number of anilines is 2. The molecule has 1 aromatic carbocycles. The van der Waals surface area contributed by atoms with E-state index in [1.165, 1.54) is 25.1 Å². The van der Waals surface area contributed by atoms with Gasteiger partial charge in [-0.3, -0.25) is 4.90 Å². The first kappa shape index (κ1) is 15.4. The quantitative estimate of drug-likeness (QED) is 0.866. The van der Waals surface area contributed by atoms with Crippen LogP contribution in [-0.2, 0) is 0 Å². The molecule has 2 aliphatic heterocycles. The summed E-state index contributed by atoms with van der Waals surface area (Å²) in [6.45, 7) is 6.66. The normalized spacial score (nSPS) is 22.6. The summed E-state index contributed by atoms with van der Waals surface area (Å²) in [5, 5.41) is 0. The highest BCUT2D eigenvalue weighted by molar-refractivity contribution is 5.47. The first-order valence-corrected chi connectivity index (χ1v) is 8.96. The number of rotatable bonds is 3. The van der Waals surface area contributed by atoms with E-state index in [4.69, 9.17) is 0 Å². The molecule has 0 saturated carbocycles. The number of nitrogens with zero attached hydrogens (tertiary/aromatic N) is 5. The largest absolute Gasteiger partial charge is 0.370 e. The number of hydrogen-bond acceptors (Lipinski definition) is 5. The van der Waals surface area contributed by atoms with E-state index >= 15 is 0 Å². The number of aromatic nitrogens is 2. The lowest BCUT2D eigenvalue weighted by Gasteiger charge is -2.28. The molecule has 4 rings (SSSR count). The van der Waals surface area contributed by atoms with Gasteiger partial charge in [0.25, 0.3) is 0 Å². The lowest BCUT2D eigenvalue weighted by molar-refractivity contribution is 0.224. The Labute approximate surface area is 143 Å². The molecule has 1 atom stereocenters. The molecular formula is C19H25N5. The van der Waals surface area contributed by atoms with Crippen molar-refractivity contribution in [1.29, 1.82) is 0 Å². The summed E-state index contributed by atoms with van der Waals surface area (Å²) in [5.41, 5.74) is 1.36. The molecular weight excluding hydrogens is 298 g/mol. The summed E-state index contributed by atoms with van der Waals surface area (Å²) in [5.74, 6) is 0.872. The molecule has 2 fully saturated rings. The van der Waals surface area contributed by atoms with E-state index in [-0.39, 0.29) is 0 Å². The smallest absolute Gasteiger partial charge is 0.225 e. The first-order chi connectivity index (χ1) is 11.9. The molecule has 5 nitrogen and oxygen atoms in total. The molecule has 1 aromatic heterocycles. The Kier molecular flexibility index (Phi) is 4.60. The second-order valence-corrected chi connectivity index (χ2v) is 6.65. The third kappa shape index (κ3) is 3.36. The molecule has 24 heavy (non-hydrogen) atoms. The summed E-state index contributed by atoms with van der Waals surface area (Å²) in [4.78, 5) is 16.3. The zero-order valence-corrected chi connectivity index (χ0v) is 14.1. The Balaban J connectivity index is 1.36. The van der Waals surface area contributed by atoms with Crippen molar-refractivity contribution in [2.75, 3.05) is 49.1 Å². The van der Waals surface area contributed by atoms with Crippen LogP contribution in [-0.4, -0.2) is 60.2 Å². The third-order valence-electron chi connectivity index (χ3n) is 5.17. The van der Waals surface area contributed by atoms with Crippen LogP contribution < -0.4 is 9.80 Å². The molecule has 2 aromatic rings. The van der Waals surface area contributed by atoms with Gasteiger partial charge in [0.05, 0.1) is 0 Å². The van der Waals surface area contributed by atoms with E-state index in [1.54, 1.807) is 0 Å².